The first kappa shape index (κ1) is 30.0. The Morgan fingerprint density at radius 2 is 1.57 bits per heavy atom. The fraction of sp³-hybridized carbons (Fsp3) is 0.517. The molecule has 7 nitrogen and oxygen atoms in total. The largest absolute Gasteiger partial charge is 0.508 e. The molecule has 0 radical (unpaired) electrons. The third-order valence-corrected chi connectivity index (χ3v) is 8.43. The van der Waals surface area contributed by atoms with E-state index in [9.17, 15) is 33.0 Å². The minimum absolute atomic E-state index is 0.135. The highest BCUT2D eigenvalue weighted by molar-refractivity contribution is 6.34. The number of nitrogens with zero attached hydrogens (tertiary/aromatic N) is 3. The number of phenolic OH excluding ortho intramolecular Hbond substituents is 1. The molecular formula is C29H35ClF3N3O4. The number of hydrogen-bond donors (Lipinski definition) is 2. The zero-order valence-corrected chi connectivity index (χ0v) is 23.4. The number of halogens is 4. The summed E-state index contributed by atoms with van der Waals surface area (Å²) in [6, 6.07) is 9.61. The van der Waals surface area contributed by atoms with E-state index in [1.807, 2.05) is 12.1 Å². The van der Waals surface area contributed by atoms with Gasteiger partial charge in [0.2, 0.25) is 0 Å². The fourth-order valence-electron chi connectivity index (χ4n) is 5.75. The Labute approximate surface area is 237 Å². The Morgan fingerprint density at radius 1 is 0.975 bits per heavy atom. The molecule has 0 saturated carbocycles. The molecule has 1 atom stereocenters. The monoisotopic (exact) mass is 581 g/mol. The highest BCUT2D eigenvalue weighted by Crippen LogP contribution is 2.42. The molecule has 218 valence electrons. The maximum absolute atomic E-state index is 14.0. The summed E-state index contributed by atoms with van der Waals surface area (Å²) >= 11 is 6.38. The number of anilines is 1. The third-order valence-electron chi connectivity index (χ3n) is 8.12. The Hall–Kier alpha value is -2.98. The lowest BCUT2D eigenvalue weighted by Gasteiger charge is -2.40. The van der Waals surface area contributed by atoms with Crippen molar-refractivity contribution in [1.29, 1.82) is 0 Å². The highest BCUT2D eigenvalue weighted by Gasteiger charge is 2.62. The summed E-state index contributed by atoms with van der Waals surface area (Å²) in [6.45, 7) is 1.94. The van der Waals surface area contributed by atoms with Crippen LogP contribution in [-0.2, 0) is 10.4 Å². The van der Waals surface area contributed by atoms with Crippen molar-refractivity contribution in [3.8, 4) is 5.75 Å². The Morgan fingerprint density at radius 3 is 2.10 bits per heavy atom. The van der Waals surface area contributed by atoms with Crippen LogP contribution in [0.4, 0.5) is 18.9 Å². The highest BCUT2D eigenvalue weighted by atomic mass is 35.5. The first-order valence-electron chi connectivity index (χ1n) is 13.5. The van der Waals surface area contributed by atoms with Crippen LogP contribution < -0.4 is 4.90 Å². The number of alkyl halides is 3. The number of aliphatic hydroxyl groups is 1. The zero-order valence-electron chi connectivity index (χ0n) is 22.6. The number of piperidine rings is 2. The summed E-state index contributed by atoms with van der Waals surface area (Å²) < 4.78 is 41.9. The predicted octanol–water partition coefficient (Wildman–Crippen LogP) is 5.04. The molecule has 2 aromatic rings. The number of aromatic hydroxyl groups is 1. The Balaban J connectivity index is 1.30. The summed E-state index contributed by atoms with van der Waals surface area (Å²) in [5, 5.41) is 20.7. The van der Waals surface area contributed by atoms with E-state index in [4.69, 9.17) is 11.6 Å². The second kappa shape index (κ2) is 11.9. The lowest BCUT2D eigenvalue weighted by Crippen LogP contribution is -2.57. The van der Waals surface area contributed by atoms with Gasteiger partial charge in [-0.2, -0.15) is 13.2 Å². The van der Waals surface area contributed by atoms with Crippen molar-refractivity contribution in [3.63, 3.8) is 0 Å². The minimum atomic E-state index is -5.24. The molecule has 40 heavy (non-hydrogen) atoms. The second-order valence-electron chi connectivity index (χ2n) is 11.0. The molecule has 1 unspecified atom stereocenters. The summed E-state index contributed by atoms with van der Waals surface area (Å²) in [4.78, 5) is 30.1. The molecule has 2 aromatic carbocycles. The van der Waals surface area contributed by atoms with Crippen molar-refractivity contribution in [2.75, 3.05) is 45.2 Å². The van der Waals surface area contributed by atoms with Gasteiger partial charge in [-0.3, -0.25) is 9.59 Å². The lowest BCUT2D eigenvalue weighted by molar-refractivity contribution is -0.262. The van der Waals surface area contributed by atoms with Gasteiger partial charge in [-0.25, -0.2) is 0 Å². The topological polar surface area (TPSA) is 84.3 Å². The van der Waals surface area contributed by atoms with E-state index in [-0.39, 0.29) is 24.9 Å². The number of amides is 2. The van der Waals surface area contributed by atoms with Crippen LogP contribution in [0.2, 0.25) is 5.02 Å². The molecule has 2 fully saturated rings. The van der Waals surface area contributed by atoms with Crippen LogP contribution >= 0.6 is 11.6 Å². The lowest BCUT2D eigenvalue weighted by atomic mass is 9.82. The summed E-state index contributed by atoms with van der Waals surface area (Å²) in [5.41, 5.74) is -2.98. The first-order valence-corrected chi connectivity index (χ1v) is 13.8. The van der Waals surface area contributed by atoms with Gasteiger partial charge in [0.1, 0.15) is 5.75 Å². The summed E-state index contributed by atoms with van der Waals surface area (Å²) in [6.07, 6.45) is -1.26. The zero-order chi connectivity index (χ0) is 29.2. The third kappa shape index (κ3) is 6.17. The molecule has 2 N–H and O–H groups in total. The number of likely N-dealkylation sites (tertiary alicyclic amines) is 1. The van der Waals surface area contributed by atoms with Crippen molar-refractivity contribution >= 4 is 29.1 Å². The molecule has 0 aromatic heterocycles. The Kier molecular flexibility index (Phi) is 8.89. The summed E-state index contributed by atoms with van der Waals surface area (Å²) in [7, 11) is 3.36. The molecule has 0 bridgehead atoms. The van der Waals surface area contributed by atoms with E-state index >= 15 is 0 Å². The van der Waals surface area contributed by atoms with E-state index < -0.39 is 29.0 Å². The van der Waals surface area contributed by atoms with Crippen LogP contribution in [0.3, 0.4) is 0 Å². The second-order valence-corrected chi connectivity index (χ2v) is 11.4. The van der Waals surface area contributed by atoms with Crippen LogP contribution in [0.25, 0.3) is 0 Å². The van der Waals surface area contributed by atoms with E-state index in [1.54, 1.807) is 20.2 Å². The number of benzene rings is 2. The van der Waals surface area contributed by atoms with Crippen LogP contribution in [0.1, 0.15) is 48.0 Å². The molecule has 2 saturated heterocycles. The first-order chi connectivity index (χ1) is 18.8. The number of rotatable bonds is 6. The average Bonchev–Trinajstić information content (AvgIpc) is 2.92. The van der Waals surface area contributed by atoms with Gasteiger partial charge < -0.3 is 24.9 Å². The van der Waals surface area contributed by atoms with E-state index in [0.29, 0.717) is 29.3 Å². The van der Waals surface area contributed by atoms with Crippen LogP contribution in [0, 0.1) is 11.8 Å². The molecule has 11 heteroatoms. The van der Waals surface area contributed by atoms with Gasteiger partial charge in [0, 0.05) is 51.5 Å². The molecule has 0 aliphatic carbocycles. The van der Waals surface area contributed by atoms with Gasteiger partial charge in [0.15, 0.2) is 0 Å². The van der Waals surface area contributed by atoms with Gasteiger partial charge in [0.05, 0.1) is 10.6 Å². The molecule has 2 heterocycles. The van der Waals surface area contributed by atoms with E-state index in [1.165, 1.54) is 17.0 Å². The van der Waals surface area contributed by atoms with Gasteiger partial charge in [-0.05, 0) is 74.3 Å². The van der Waals surface area contributed by atoms with Crippen LogP contribution in [-0.4, -0.2) is 78.3 Å². The number of carbonyl (C=O) groups is 2. The maximum atomic E-state index is 14.0. The molecule has 2 aliphatic rings. The van der Waals surface area contributed by atoms with Gasteiger partial charge >= 0.3 is 6.18 Å². The van der Waals surface area contributed by atoms with Gasteiger partial charge in [-0.1, -0.05) is 23.7 Å². The average molecular weight is 582 g/mol. The predicted molar refractivity (Wildman–Crippen MR) is 146 cm³/mol. The van der Waals surface area contributed by atoms with Gasteiger partial charge in [0.25, 0.3) is 17.4 Å². The molecular weight excluding hydrogens is 547 g/mol. The number of carbonyl (C=O) groups excluding carboxylic acids is 2. The van der Waals surface area contributed by atoms with Crippen LogP contribution in [0.5, 0.6) is 5.75 Å². The quantitative estimate of drug-likeness (QED) is 0.499. The molecule has 2 aliphatic heterocycles. The van der Waals surface area contributed by atoms with Crippen molar-refractivity contribution in [2.45, 2.75) is 43.9 Å². The number of hydrogen-bond acceptors (Lipinski definition) is 5. The van der Waals surface area contributed by atoms with Crippen LogP contribution in [0.15, 0.2) is 42.5 Å². The number of phenols is 1. The van der Waals surface area contributed by atoms with Crippen molar-refractivity contribution in [2.24, 2.45) is 11.8 Å². The summed E-state index contributed by atoms with van der Waals surface area (Å²) in [5.74, 6) is -1.27. The van der Waals surface area contributed by atoms with E-state index in [0.717, 1.165) is 55.1 Å². The maximum Gasteiger partial charge on any atom is 0.430 e. The van der Waals surface area contributed by atoms with E-state index in [2.05, 4.69) is 4.90 Å². The minimum Gasteiger partial charge on any atom is -0.508 e. The van der Waals surface area contributed by atoms with Crippen molar-refractivity contribution in [3.05, 3.63) is 58.6 Å². The standard InChI is InChI=1S/C29H35ClF3N3O4/c1-34(2)26(38)24-7-6-22(18-25(24)30)35-12-8-19(9-13-35)16-20-10-14-36(15-11-20)27(39)28(40,29(31,32)33)21-4-3-5-23(37)17-21/h3-7,17-20,37,40H,8-16H2,1-2H3. The van der Waals surface area contributed by atoms with Crippen molar-refractivity contribution in [1.82, 2.24) is 9.80 Å². The smallest absolute Gasteiger partial charge is 0.430 e. The molecule has 0 spiro atoms. The normalized spacial score (nSPS) is 18.9. The van der Waals surface area contributed by atoms with Crippen molar-refractivity contribution < 1.29 is 33.0 Å². The molecule has 2 amide bonds. The fourth-order valence-corrected chi connectivity index (χ4v) is 6.01. The van der Waals surface area contributed by atoms with Gasteiger partial charge in [-0.15, -0.1) is 0 Å². The molecule has 4 rings (SSSR count). The SMILES string of the molecule is CN(C)C(=O)c1ccc(N2CCC(CC3CCN(C(=O)C(O)(c4cccc(O)c4)C(F)(F)F)CC3)CC2)cc1Cl. The Bertz CT molecular complexity index is 1230.